The summed E-state index contributed by atoms with van der Waals surface area (Å²) in [5.74, 6) is 7.55. The van der Waals surface area contributed by atoms with Crippen molar-refractivity contribution in [3.05, 3.63) is 52.2 Å². The van der Waals surface area contributed by atoms with Gasteiger partial charge in [0, 0.05) is 18.0 Å². The summed E-state index contributed by atoms with van der Waals surface area (Å²) in [5.41, 5.74) is 7.25. The van der Waals surface area contributed by atoms with E-state index in [0.29, 0.717) is 0 Å². The molecule has 2 rings (SSSR count). The zero-order chi connectivity index (χ0) is 13.3. The van der Waals surface area contributed by atoms with E-state index in [1.54, 1.807) is 0 Å². The van der Waals surface area contributed by atoms with Crippen LogP contribution in [0.2, 0.25) is 0 Å². The van der Waals surface area contributed by atoms with Gasteiger partial charge < -0.3 is 4.42 Å². The number of aromatic nitrogens is 1. The molecule has 0 aliphatic heterocycles. The van der Waals surface area contributed by atoms with Crippen molar-refractivity contribution in [3.8, 4) is 0 Å². The van der Waals surface area contributed by atoms with E-state index in [1.165, 1.54) is 0 Å². The van der Waals surface area contributed by atoms with E-state index in [1.807, 2.05) is 33.2 Å². The molecule has 4 nitrogen and oxygen atoms in total. The molecule has 0 aromatic carbocycles. The van der Waals surface area contributed by atoms with Gasteiger partial charge in [-0.3, -0.25) is 10.8 Å². The van der Waals surface area contributed by atoms with Crippen molar-refractivity contribution in [2.75, 3.05) is 0 Å². The van der Waals surface area contributed by atoms with Gasteiger partial charge in [0.25, 0.3) is 0 Å². The van der Waals surface area contributed by atoms with E-state index in [9.17, 15) is 0 Å². The Morgan fingerprint density at radius 1 is 1.17 bits per heavy atom. The van der Waals surface area contributed by atoms with Gasteiger partial charge in [-0.05, 0) is 44.4 Å². The summed E-state index contributed by atoms with van der Waals surface area (Å²) in [6, 6.07) is 1.99. The van der Waals surface area contributed by atoms with Gasteiger partial charge >= 0.3 is 0 Å². The van der Waals surface area contributed by atoms with Gasteiger partial charge in [0.05, 0.1) is 6.04 Å². The average Bonchev–Trinajstić information content (AvgIpc) is 2.57. The fraction of sp³-hybridized carbons (Fsp3) is 0.357. The van der Waals surface area contributed by atoms with Crippen LogP contribution in [0, 0.1) is 27.7 Å². The molecule has 0 saturated heterocycles. The van der Waals surface area contributed by atoms with Gasteiger partial charge in [-0.25, -0.2) is 5.43 Å². The van der Waals surface area contributed by atoms with Gasteiger partial charge in [-0.15, -0.1) is 0 Å². The number of hydrogen-bond acceptors (Lipinski definition) is 4. The number of hydrazine groups is 1. The van der Waals surface area contributed by atoms with Crippen LogP contribution in [-0.2, 0) is 0 Å². The first-order valence-electron chi connectivity index (χ1n) is 5.98. The van der Waals surface area contributed by atoms with Crippen LogP contribution in [0.15, 0.2) is 22.9 Å². The van der Waals surface area contributed by atoms with Crippen molar-refractivity contribution in [3.63, 3.8) is 0 Å². The lowest BCUT2D eigenvalue weighted by molar-refractivity contribution is 0.494. The predicted molar refractivity (Wildman–Crippen MR) is 71.1 cm³/mol. The highest BCUT2D eigenvalue weighted by atomic mass is 16.3. The molecule has 0 saturated carbocycles. The summed E-state index contributed by atoms with van der Waals surface area (Å²) in [7, 11) is 0. The minimum Gasteiger partial charge on any atom is -0.466 e. The highest BCUT2D eigenvalue weighted by Crippen LogP contribution is 2.30. The van der Waals surface area contributed by atoms with Crippen molar-refractivity contribution < 1.29 is 4.42 Å². The van der Waals surface area contributed by atoms with E-state index in [4.69, 9.17) is 10.3 Å². The number of furan rings is 1. The molecular formula is C14H19N3O. The Balaban J connectivity index is 2.52. The predicted octanol–water partition coefficient (Wildman–Crippen LogP) is 2.46. The summed E-state index contributed by atoms with van der Waals surface area (Å²) in [5, 5.41) is 0. The van der Waals surface area contributed by atoms with Crippen LogP contribution in [0.25, 0.3) is 0 Å². The fourth-order valence-corrected chi connectivity index (χ4v) is 2.32. The number of rotatable bonds is 3. The Morgan fingerprint density at radius 3 is 2.39 bits per heavy atom. The minimum absolute atomic E-state index is 0.0881. The first-order valence-corrected chi connectivity index (χ1v) is 5.98. The number of pyridine rings is 1. The van der Waals surface area contributed by atoms with Crippen LogP contribution in [0.1, 0.15) is 39.8 Å². The number of aryl methyl sites for hydroxylation is 3. The molecule has 0 bridgehead atoms. The molecule has 3 N–H and O–H groups in total. The molecule has 1 atom stereocenters. The van der Waals surface area contributed by atoms with E-state index >= 15 is 0 Å². The van der Waals surface area contributed by atoms with Crippen molar-refractivity contribution in [2.45, 2.75) is 33.7 Å². The molecule has 0 aliphatic rings. The van der Waals surface area contributed by atoms with E-state index in [2.05, 4.69) is 23.4 Å². The normalized spacial score (nSPS) is 12.7. The third kappa shape index (κ3) is 2.17. The largest absolute Gasteiger partial charge is 0.466 e. The van der Waals surface area contributed by atoms with Crippen LogP contribution in [-0.4, -0.2) is 4.98 Å². The third-order valence-corrected chi connectivity index (χ3v) is 3.30. The maximum atomic E-state index is 5.71. The van der Waals surface area contributed by atoms with Crippen molar-refractivity contribution in [1.82, 2.24) is 10.4 Å². The molecule has 0 radical (unpaired) electrons. The van der Waals surface area contributed by atoms with Crippen molar-refractivity contribution in [1.29, 1.82) is 0 Å². The Bertz CT molecular complexity index is 560. The molecule has 18 heavy (non-hydrogen) atoms. The van der Waals surface area contributed by atoms with Gasteiger partial charge in [0.15, 0.2) is 0 Å². The molecule has 1 unspecified atom stereocenters. The topological polar surface area (TPSA) is 64.1 Å². The van der Waals surface area contributed by atoms with Crippen molar-refractivity contribution >= 4 is 0 Å². The van der Waals surface area contributed by atoms with E-state index < -0.39 is 0 Å². The second-order valence-electron chi connectivity index (χ2n) is 4.65. The van der Waals surface area contributed by atoms with E-state index in [-0.39, 0.29) is 6.04 Å². The zero-order valence-corrected chi connectivity index (χ0v) is 11.2. The lowest BCUT2D eigenvalue weighted by Crippen LogP contribution is -2.29. The molecule has 2 heterocycles. The second kappa shape index (κ2) is 4.92. The highest BCUT2D eigenvalue weighted by Gasteiger charge is 2.21. The first kappa shape index (κ1) is 12.8. The van der Waals surface area contributed by atoms with Crippen molar-refractivity contribution in [2.24, 2.45) is 5.84 Å². The molecule has 0 fully saturated rings. The Morgan fingerprint density at radius 2 is 1.89 bits per heavy atom. The highest BCUT2D eigenvalue weighted by molar-refractivity contribution is 5.40. The lowest BCUT2D eigenvalue weighted by atomic mass is 9.96. The van der Waals surface area contributed by atoms with Gasteiger partial charge in [0.1, 0.15) is 11.5 Å². The average molecular weight is 245 g/mol. The molecule has 2 aromatic heterocycles. The maximum absolute atomic E-state index is 5.71. The maximum Gasteiger partial charge on any atom is 0.106 e. The first-order chi connectivity index (χ1) is 8.54. The SMILES string of the molecule is Cc1cncc(C(NN)c2c(C)oc(C)c2C)c1. The van der Waals surface area contributed by atoms with Crippen LogP contribution in [0.3, 0.4) is 0 Å². The smallest absolute Gasteiger partial charge is 0.106 e. The molecule has 0 aliphatic carbocycles. The van der Waals surface area contributed by atoms with Gasteiger partial charge in [-0.1, -0.05) is 6.07 Å². The summed E-state index contributed by atoms with van der Waals surface area (Å²) in [4.78, 5) is 4.22. The second-order valence-corrected chi connectivity index (χ2v) is 4.65. The Kier molecular flexibility index (Phi) is 3.50. The quantitative estimate of drug-likeness (QED) is 0.644. The zero-order valence-electron chi connectivity index (χ0n) is 11.2. The van der Waals surface area contributed by atoms with Crippen LogP contribution in [0.4, 0.5) is 0 Å². The van der Waals surface area contributed by atoms with Gasteiger partial charge in [-0.2, -0.15) is 0 Å². The summed E-state index contributed by atoms with van der Waals surface area (Å²) in [6.45, 7) is 8.00. The summed E-state index contributed by atoms with van der Waals surface area (Å²) < 4.78 is 5.66. The Hall–Kier alpha value is -1.65. The third-order valence-electron chi connectivity index (χ3n) is 3.30. The lowest BCUT2D eigenvalue weighted by Gasteiger charge is -2.17. The van der Waals surface area contributed by atoms with Crippen LogP contribution in [0.5, 0.6) is 0 Å². The number of nitrogens with two attached hydrogens (primary N) is 1. The molecule has 2 aromatic rings. The number of hydrogen-bond donors (Lipinski definition) is 2. The molecule has 4 heteroatoms. The van der Waals surface area contributed by atoms with Crippen LogP contribution < -0.4 is 11.3 Å². The van der Waals surface area contributed by atoms with Crippen LogP contribution >= 0.6 is 0 Å². The summed E-state index contributed by atoms with van der Waals surface area (Å²) >= 11 is 0. The standard InChI is InChI=1S/C14H19N3O/c1-8-5-12(7-16-6-8)14(17-15)13-9(2)10(3)18-11(13)4/h5-7,14,17H,15H2,1-4H3. The van der Waals surface area contributed by atoms with E-state index in [0.717, 1.165) is 33.8 Å². The molecule has 96 valence electrons. The fourth-order valence-electron chi connectivity index (χ4n) is 2.32. The number of nitrogens with one attached hydrogen (secondary N) is 1. The van der Waals surface area contributed by atoms with Gasteiger partial charge in [0.2, 0.25) is 0 Å². The minimum atomic E-state index is -0.0881. The molecule has 0 spiro atoms. The number of nitrogens with zero attached hydrogens (tertiary/aromatic N) is 1. The monoisotopic (exact) mass is 245 g/mol. The molecular weight excluding hydrogens is 226 g/mol. The molecule has 0 amide bonds. The summed E-state index contributed by atoms with van der Waals surface area (Å²) in [6.07, 6.45) is 3.66. The Labute approximate surface area is 107 Å².